The third kappa shape index (κ3) is 3.59. The molecule has 8 heteroatoms. The van der Waals surface area contributed by atoms with Crippen molar-refractivity contribution in [2.75, 3.05) is 6.61 Å². The van der Waals surface area contributed by atoms with Gasteiger partial charge in [-0.1, -0.05) is 30.3 Å². The molecule has 1 aliphatic heterocycles. The highest BCUT2D eigenvalue weighted by atomic mass is 16.7. The van der Waals surface area contributed by atoms with Gasteiger partial charge in [0, 0.05) is 6.92 Å². The van der Waals surface area contributed by atoms with E-state index in [2.05, 4.69) is 5.32 Å². The molecule has 124 valence electrons. The van der Waals surface area contributed by atoms with Gasteiger partial charge in [0.1, 0.15) is 24.8 Å². The SMILES string of the molecule is CC(=O)N[C@@H]1C(=O)N(OCc2ccccc2)[C@@]1(C)COC(N)=O. The van der Waals surface area contributed by atoms with Crippen LogP contribution in [0.4, 0.5) is 4.79 Å². The molecule has 0 radical (unpaired) electrons. The van der Waals surface area contributed by atoms with Crippen molar-refractivity contribution in [1.82, 2.24) is 10.4 Å². The Kier molecular flexibility index (Phi) is 4.85. The van der Waals surface area contributed by atoms with Crippen LogP contribution in [0.5, 0.6) is 0 Å². The van der Waals surface area contributed by atoms with Gasteiger partial charge in [0.15, 0.2) is 0 Å². The maximum Gasteiger partial charge on any atom is 0.404 e. The Morgan fingerprint density at radius 1 is 1.35 bits per heavy atom. The van der Waals surface area contributed by atoms with Gasteiger partial charge in [-0.25, -0.2) is 9.86 Å². The lowest BCUT2D eigenvalue weighted by molar-refractivity contribution is -0.273. The Morgan fingerprint density at radius 3 is 2.57 bits per heavy atom. The van der Waals surface area contributed by atoms with Gasteiger partial charge in [-0.05, 0) is 12.5 Å². The van der Waals surface area contributed by atoms with Crippen LogP contribution >= 0.6 is 0 Å². The molecule has 8 nitrogen and oxygen atoms in total. The van der Waals surface area contributed by atoms with E-state index in [1.54, 1.807) is 6.92 Å². The largest absolute Gasteiger partial charge is 0.447 e. The number of benzene rings is 1. The van der Waals surface area contributed by atoms with Gasteiger partial charge in [0.25, 0.3) is 5.91 Å². The van der Waals surface area contributed by atoms with Crippen molar-refractivity contribution < 1.29 is 24.0 Å². The van der Waals surface area contributed by atoms with E-state index < -0.39 is 23.6 Å². The van der Waals surface area contributed by atoms with E-state index in [0.717, 1.165) is 10.6 Å². The summed E-state index contributed by atoms with van der Waals surface area (Å²) in [7, 11) is 0. The van der Waals surface area contributed by atoms with Crippen LogP contribution in [0.1, 0.15) is 19.4 Å². The van der Waals surface area contributed by atoms with Crippen LogP contribution in [0.25, 0.3) is 0 Å². The van der Waals surface area contributed by atoms with E-state index in [-0.39, 0.29) is 19.1 Å². The molecule has 0 bridgehead atoms. The van der Waals surface area contributed by atoms with Gasteiger partial charge in [-0.3, -0.25) is 14.4 Å². The van der Waals surface area contributed by atoms with E-state index >= 15 is 0 Å². The van der Waals surface area contributed by atoms with Crippen LogP contribution in [-0.4, -0.2) is 41.2 Å². The van der Waals surface area contributed by atoms with Crippen molar-refractivity contribution >= 4 is 17.9 Å². The highest BCUT2D eigenvalue weighted by Crippen LogP contribution is 2.33. The van der Waals surface area contributed by atoms with E-state index in [0.29, 0.717) is 0 Å². The molecule has 1 fully saturated rings. The van der Waals surface area contributed by atoms with Crippen LogP contribution in [-0.2, 0) is 25.8 Å². The average molecular weight is 321 g/mol. The summed E-state index contributed by atoms with van der Waals surface area (Å²) in [6.45, 7) is 2.93. The predicted molar refractivity (Wildman–Crippen MR) is 79.6 cm³/mol. The maximum absolute atomic E-state index is 12.2. The molecule has 0 aromatic heterocycles. The van der Waals surface area contributed by atoms with Crippen molar-refractivity contribution in [2.24, 2.45) is 5.73 Å². The lowest BCUT2D eigenvalue weighted by Crippen LogP contribution is -2.79. The molecule has 3 amide bonds. The maximum atomic E-state index is 12.2. The molecule has 1 heterocycles. The molecule has 2 rings (SSSR count). The summed E-state index contributed by atoms with van der Waals surface area (Å²) in [4.78, 5) is 39.8. The summed E-state index contributed by atoms with van der Waals surface area (Å²) in [6, 6.07) is 8.45. The van der Waals surface area contributed by atoms with Crippen molar-refractivity contribution in [3.05, 3.63) is 35.9 Å². The van der Waals surface area contributed by atoms with Crippen molar-refractivity contribution in [2.45, 2.75) is 32.0 Å². The molecular weight excluding hydrogens is 302 g/mol. The number of hydroxylamine groups is 2. The number of nitrogens with one attached hydrogen (secondary N) is 1. The first-order chi connectivity index (χ1) is 10.8. The van der Waals surface area contributed by atoms with Crippen molar-refractivity contribution in [3.63, 3.8) is 0 Å². The fourth-order valence-corrected chi connectivity index (χ4v) is 2.39. The minimum Gasteiger partial charge on any atom is -0.447 e. The molecule has 3 N–H and O–H groups in total. The second kappa shape index (κ2) is 6.66. The quantitative estimate of drug-likeness (QED) is 0.733. The van der Waals surface area contributed by atoms with Gasteiger partial charge in [-0.2, -0.15) is 0 Å². The summed E-state index contributed by atoms with van der Waals surface area (Å²) in [5.41, 5.74) is 4.83. The summed E-state index contributed by atoms with van der Waals surface area (Å²) in [6.07, 6.45) is -0.963. The number of ether oxygens (including phenoxy) is 1. The number of primary amides is 1. The number of amides is 3. The Morgan fingerprint density at radius 2 is 2.00 bits per heavy atom. The van der Waals surface area contributed by atoms with Gasteiger partial charge in [-0.15, -0.1) is 0 Å². The summed E-state index contributed by atoms with van der Waals surface area (Å²) < 4.78 is 4.80. The monoisotopic (exact) mass is 321 g/mol. The van der Waals surface area contributed by atoms with E-state index in [9.17, 15) is 14.4 Å². The zero-order valence-corrected chi connectivity index (χ0v) is 12.9. The van der Waals surface area contributed by atoms with Crippen LogP contribution in [0.15, 0.2) is 30.3 Å². The number of β-lactam (4-membered cyclic amide) rings is 1. The number of nitrogens with two attached hydrogens (primary N) is 1. The lowest BCUT2D eigenvalue weighted by Gasteiger charge is -2.53. The third-order valence-corrected chi connectivity index (χ3v) is 3.59. The number of hydrogen-bond acceptors (Lipinski definition) is 5. The van der Waals surface area contributed by atoms with Crippen LogP contribution in [0.3, 0.4) is 0 Å². The average Bonchev–Trinajstić information content (AvgIpc) is 2.51. The minimum absolute atomic E-state index is 0.172. The molecule has 1 aromatic rings. The summed E-state index contributed by atoms with van der Waals surface area (Å²) in [5, 5.41) is 3.64. The molecule has 0 spiro atoms. The first kappa shape index (κ1) is 16.8. The second-order valence-electron chi connectivity index (χ2n) is 5.49. The molecule has 1 saturated heterocycles. The number of nitrogens with zero attached hydrogens (tertiary/aromatic N) is 1. The van der Waals surface area contributed by atoms with Crippen LogP contribution in [0, 0.1) is 0 Å². The normalized spacial score (nSPS) is 23.1. The van der Waals surface area contributed by atoms with E-state index in [4.69, 9.17) is 15.3 Å². The minimum atomic E-state index is -1.02. The molecular formula is C15H19N3O5. The first-order valence-electron chi connectivity index (χ1n) is 7.05. The standard InChI is InChI=1S/C15H19N3O5/c1-10(19)17-12-13(20)18(15(12,2)9-22-14(16)21)23-8-11-6-4-3-5-7-11/h3-7,12H,8-9H2,1-2H3,(H2,16,21)(H,17,19)/t12-,15+/m1/s1. The van der Waals surface area contributed by atoms with Crippen LogP contribution in [0.2, 0.25) is 0 Å². The zero-order chi connectivity index (χ0) is 17.0. The number of rotatable bonds is 6. The van der Waals surface area contributed by atoms with Gasteiger partial charge in [0.2, 0.25) is 5.91 Å². The van der Waals surface area contributed by atoms with Gasteiger partial charge < -0.3 is 15.8 Å². The van der Waals surface area contributed by atoms with E-state index in [1.807, 2.05) is 30.3 Å². The molecule has 23 heavy (non-hydrogen) atoms. The molecule has 0 saturated carbocycles. The fraction of sp³-hybridized carbons (Fsp3) is 0.400. The smallest absolute Gasteiger partial charge is 0.404 e. The summed E-state index contributed by atoms with van der Waals surface area (Å²) in [5.74, 6) is -0.775. The Labute approximate surface area is 133 Å². The van der Waals surface area contributed by atoms with Crippen LogP contribution < -0.4 is 11.1 Å². The molecule has 0 unspecified atom stereocenters. The Bertz CT molecular complexity index is 606. The second-order valence-corrected chi connectivity index (χ2v) is 5.49. The first-order valence-corrected chi connectivity index (χ1v) is 7.05. The predicted octanol–water partition coefficient (Wildman–Crippen LogP) is 0.319. The molecule has 1 aliphatic rings. The third-order valence-electron chi connectivity index (χ3n) is 3.59. The van der Waals surface area contributed by atoms with E-state index in [1.165, 1.54) is 6.92 Å². The van der Waals surface area contributed by atoms with Crippen molar-refractivity contribution in [3.8, 4) is 0 Å². The van der Waals surface area contributed by atoms with Gasteiger partial charge in [0.05, 0.1) is 0 Å². The lowest BCUT2D eigenvalue weighted by atomic mass is 9.83. The summed E-state index contributed by atoms with van der Waals surface area (Å²) >= 11 is 0. The number of carbonyl (C=O) groups excluding carboxylic acids is 3. The Hall–Kier alpha value is -2.61. The highest BCUT2D eigenvalue weighted by Gasteiger charge is 2.60. The molecule has 2 atom stereocenters. The molecule has 0 aliphatic carbocycles. The highest BCUT2D eigenvalue weighted by molar-refractivity contribution is 5.93. The van der Waals surface area contributed by atoms with Crippen molar-refractivity contribution in [1.29, 1.82) is 0 Å². The topological polar surface area (TPSA) is 111 Å². The number of hydrogen-bond donors (Lipinski definition) is 2. The number of carbonyl (C=O) groups is 3. The Balaban J connectivity index is 2.07. The zero-order valence-electron chi connectivity index (χ0n) is 12.9. The van der Waals surface area contributed by atoms with Gasteiger partial charge >= 0.3 is 6.09 Å². The fourth-order valence-electron chi connectivity index (χ4n) is 2.39. The molecule has 1 aromatic carbocycles.